The molecule has 104 valence electrons. The van der Waals surface area contributed by atoms with Crippen molar-refractivity contribution in [3.8, 4) is 0 Å². The first kappa shape index (κ1) is 14.5. The van der Waals surface area contributed by atoms with E-state index in [2.05, 4.69) is 46.0 Å². The van der Waals surface area contributed by atoms with Gasteiger partial charge < -0.3 is 10.5 Å². The smallest absolute Gasteiger partial charge is 0.247 e. The first-order valence-corrected chi connectivity index (χ1v) is 7.17. The zero-order valence-electron chi connectivity index (χ0n) is 11.2. The molecule has 2 rings (SSSR count). The molecule has 0 saturated carbocycles. The monoisotopic (exact) mass is 326 g/mol. The largest absolute Gasteiger partial charge is 0.367 e. The lowest BCUT2D eigenvalue weighted by Gasteiger charge is -2.35. The number of aryl methyl sites for hydroxylation is 1. The third-order valence-corrected chi connectivity index (χ3v) is 4.17. The number of nitrogens with two attached hydrogens (primary N) is 1. The maximum Gasteiger partial charge on any atom is 0.247 e. The van der Waals surface area contributed by atoms with E-state index in [9.17, 15) is 4.79 Å². The number of primary amides is 1. The number of carbonyl (C=O) groups excluding carboxylic acids is 1. The summed E-state index contributed by atoms with van der Waals surface area (Å²) in [5.74, 6) is -0.386. The van der Waals surface area contributed by atoms with E-state index >= 15 is 0 Å². The van der Waals surface area contributed by atoms with Crippen LogP contribution in [-0.4, -0.2) is 36.1 Å². The lowest BCUT2D eigenvalue weighted by Crippen LogP contribution is -2.51. The van der Waals surface area contributed by atoms with Crippen molar-refractivity contribution < 1.29 is 9.53 Å². The predicted octanol–water partition coefficient (Wildman–Crippen LogP) is 1.83. The second-order valence-electron chi connectivity index (χ2n) is 5.12. The molecule has 1 aliphatic heterocycles. The Bertz CT molecular complexity index is 479. The van der Waals surface area contributed by atoms with E-state index in [0.717, 1.165) is 17.6 Å². The van der Waals surface area contributed by atoms with Crippen LogP contribution in [0.3, 0.4) is 0 Å². The fourth-order valence-electron chi connectivity index (χ4n) is 2.39. The summed E-state index contributed by atoms with van der Waals surface area (Å²) >= 11 is 3.50. The Morgan fingerprint density at radius 2 is 2.26 bits per heavy atom. The highest BCUT2D eigenvalue weighted by atomic mass is 79.9. The zero-order chi connectivity index (χ0) is 14.0. The Hall–Kier alpha value is -0.910. The quantitative estimate of drug-likeness (QED) is 0.922. The van der Waals surface area contributed by atoms with Crippen LogP contribution in [0, 0.1) is 6.92 Å². The average Bonchev–Trinajstić information content (AvgIpc) is 2.33. The van der Waals surface area contributed by atoms with Crippen molar-refractivity contribution in [2.75, 3.05) is 13.1 Å². The van der Waals surface area contributed by atoms with E-state index in [1.165, 1.54) is 11.1 Å². The van der Waals surface area contributed by atoms with Gasteiger partial charge in [-0.15, -0.1) is 0 Å². The molecule has 4 nitrogen and oxygen atoms in total. The highest BCUT2D eigenvalue weighted by Crippen LogP contribution is 2.20. The summed E-state index contributed by atoms with van der Waals surface area (Å²) < 4.78 is 6.65. The van der Waals surface area contributed by atoms with Gasteiger partial charge in [-0.2, -0.15) is 0 Å². The van der Waals surface area contributed by atoms with Crippen LogP contribution in [0.5, 0.6) is 0 Å². The molecule has 2 atom stereocenters. The van der Waals surface area contributed by atoms with Crippen LogP contribution in [0.25, 0.3) is 0 Å². The molecule has 0 aromatic heterocycles. The number of carbonyl (C=O) groups is 1. The first-order valence-electron chi connectivity index (χ1n) is 6.38. The number of nitrogens with zero attached hydrogens (tertiary/aromatic N) is 1. The lowest BCUT2D eigenvalue weighted by molar-refractivity contribution is -0.142. The number of ether oxygens (including phenoxy) is 1. The summed E-state index contributed by atoms with van der Waals surface area (Å²) in [7, 11) is 0. The molecular formula is C14H19BrN2O2. The van der Waals surface area contributed by atoms with E-state index in [4.69, 9.17) is 10.5 Å². The zero-order valence-corrected chi connectivity index (χ0v) is 12.8. The van der Waals surface area contributed by atoms with Gasteiger partial charge in [-0.3, -0.25) is 9.69 Å². The van der Waals surface area contributed by atoms with Gasteiger partial charge in [0, 0.05) is 24.1 Å². The third kappa shape index (κ3) is 3.78. The van der Waals surface area contributed by atoms with E-state index in [-0.39, 0.29) is 12.0 Å². The van der Waals surface area contributed by atoms with Gasteiger partial charge in [-0.25, -0.2) is 0 Å². The highest BCUT2D eigenvalue weighted by molar-refractivity contribution is 9.10. The topological polar surface area (TPSA) is 55.6 Å². The number of halogens is 1. The fraction of sp³-hybridized carbons (Fsp3) is 0.500. The van der Waals surface area contributed by atoms with Crippen LogP contribution in [0.1, 0.15) is 18.1 Å². The molecule has 1 amide bonds. The Labute approximate surface area is 122 Å². The van der Waals surface area contributed by atoms with Gasteiger partial charge in [-0.05, 0) is 31.0 Å². The Morgan fingerprint density at radius 1 is 1.53 bits per heavy atom. The molecule has 2 N–H and O–H groups in total. The van der Waals surface area contributed by atoms with Crippen LogP contribution in [0.15, 0.2) is 22.7 Å². The van der Waals surface area contributed by atoms with Crippen molar-refractivity contribution in [1.82, 2.24) is 4.90 Å². The molecule has 0 unspecified atom stereocenters. The molecule has 19 heavy (non-hydrogen) atoms. The molecule has 1 fully saturated rings. The van der Waals surface area contributed by atoms with Crippen LogP contribution in [0.4, 0.5) is 0 Å². The van der Waals surface area contributed by atoms with E-state index in [0.29, 0.717) is 6.54 Å². The Balaban J connectivity index is 2.05. The van der Waals surface area contributed by atoms with Gasteiger partial charge >= 0.3 is 0 Å². The summed E-state index contributed by atoms with van der Waals surface area (Å²) in [6, 6.07) is 6.31. The van der Waals surface area contributed by atoms with Crippen molar-refractivity contribution in [2.45, 2.75) is 32.6 Å². The molecule has 1 heterocycles. The molecule has 0 bridgehead atoms. The molecule has 1 aromatic rings. The van der Waals surface area contributed by atoms with Gasteiger partial charge in [0.2, 0.25) is 5.91 Å². The van der Waals surface area contributed by atoms with Crippen LogP contribution >= 0.6 is 15.9 Å². The van der Waals surface area contributed by atoms with E-state index < -0.39 is 6.10 Å². The van der Waals surface area contributed by atoms with Gasteiger partial charge in [0.1, 0.15) is 6.10 Å². The van der Waals surface area contributed by atoms with Gasteiger partial charge in [0.15, 0.2) is 0 Å². The maximum atomic E-state index is 11.3. The van der Waals surface area contributed by atoms with Crippen molar-refractivity contribution >= 4 is 21.8 Å². The number of amides is 1. The minimum atomic E-state index is -0.500. The van der Waals surface area contributed by atoms with Crippen molar-refractivity contribution in [3.63, 3.8) is 0 Å². The Kier molecular flexibility index (Phi) is 4.60. The van der Waals surface area contributed by atoms with Crippen LogP contribution in [-0.2, 0) is 16.1 Å². The van der Waals surface area contributed by atoms with Gasteiger partial charge in [0.25, 0.3) is 0 Å². The van der Waals surface area contributed by atoms with Crippen molar-refractivity contribution in [1.29, 1.82) is 0 Å². The molecule has 1 aliphatic rings. The summed E-state index contributed by atoms with van der Waals surface area (Å²) in [4.78, 5) is 13.5. The third-order valence-electron chi connectivity index (χ3n) is 3.28. The second-order valence-corrected chi connectivity index (χ2v) is 5.97. The number of benzene rings is 1. The van der Waals surface area contributed by atoms with E-state index in [1.807, 2.05) is 6.92 Å². The Morgan fingerprint density at radius 3 is 2.89 bits per heavy atom. The summed E-state index contributed by atoms with van der Waals surface area (Å²) in [5, 5.41) is 0. The number of rotatable bonds is 3. The van der Waals surface area contributed by atoms with Gasteiger partial charge in [-0.1, -0.05) is 28.1 Å². The standard InChI is InChI=1S/C14H19BrN2O2/c1-9-5-11(3-4-12(9)15)7-17-6-10(2)19-13(8-17)14(16)18/h3-5,10,13H,6-8H2,1-2H3,(H2,16,18)/t10-,13-/m1/s1. The molecule has 1 aromatic carbocycles. The summed E-state index contributed by atoms with van der Waals surface area (Å²) in [6.45, 7) is 6.23. The van der Waals surface area contributed by atoms with Crippen LogP contribution in [0.2, 0.25) is 0 Å². The number of hydrogen-bond donors (Lipinski definition) is 1. The van der Waals surface area contributed by atoms with E-state index in [1.54, 1.807) is 0 Å². The number of hydrogen-bond acceptors (Lipinski definition) is 3. The lowest BCUT2D eigenvalue weighted by atomic mass is 10.1. The average molecular weight is 327 g/mol. The highest BCUT2D eigenvalue weighted by Gasteiger charge is 2.28. The summed E-state index contributed by atoms with van der Waals surface area (Å²) in [5.41, 5.74) is 7.78. The molecule has 1 saturated heterocycles. The maximum absolute atomic E-state index is 11.3. The van der Waals surface area contributed by atoms with Crippen LogP contribution < -0.4 is 5.73 Å². The minimum absolute atomic E-state index is 0.0304. The minimum Gasteiger partial charge on any atom is -0.367 e. The normalized spacial score (nSPS) is 24.4. The predicted molar refractivity (Wildman–Crippen MR) is 77.7 cm³/mol. The fourth-order valence-corrected chi connectivity index (χ4v) is 2.64. The first-order chi connectivity index (χ1) is 8.95. The molecular weight excluding hydrogens is 308 g/mol. The molecule has 5 heteroatoms. The number of morpholine rings is 1. The molecule has 0 spiro atoms. The SMILES string of the molecule is Cc1cc(CN2C[C@@H](C)O[C@@H](C(N)=O)C2)ccc1Br. The second kappa shape index (κ2) is 6.03. The summed E-state index contributed by atoms with van der Waals surface area (Å²) in [6.07, 6.45) is -0.469. The van der Waals surface area contributed by atoms with Crippen molar-refractivity contribution in [3.05, 3.63) is 33.8 Å². The molecule has 0 aliphatic carbocycles. The molecule has 0 radical (unpaired) electrons. The van der Waals surface area contributed by atoms with Crippen molar-refractivity contribution in [2.24, 2.45) is 5.73 Å². The van der Waals surface area contributed by atoms with Gasteiger partial charge in [0.05, 0.1) is 6.10 Å².